The van der Waals surface area contributed by atoms with Crippen molar-refractivity contribution < 1.29 is 14.6 Å². The van der Waals surface area contributed by atoms with Gasteiger partial charge in [0, 0.05) is 30.7 Å². The molecule has 2 heterocycles. The molecule has 0 radical (unpaired) electrons. The molecule has 0 unspecified atom stereocenters. The molecule has 110 valence electrons. The van der Waals surface area contributed by atoms with E-state index in [1.807, 2.05) is 6.07 Å². The number of nitrogens with zero attached hydrogens (tertiary/aromatic N) is 2. The first-order valence-electron chi connectivity index (χ1n) is 6.92. The lowest BCUT2D eigenvalue weighted by atomic mass is 9.91. The van der Waals surface area contributed by atoms with Crippen molar-refractivity contribution in [3.8, 4) is 0 Å². The maximum atomic E-state index is 11.3. The number of carboxylic acid groups (broad SMARTS) is 1. The lowest BCUT2D eigenvalue weighted by Crippen LogP contribution is -2.36. The standard InChI is InChI=1S/C15H22N2O3/c1-15(2,3)13-5-4-11(14(18)19)12(16-13)10-17-6-8-20-9-7-17/h4-5H,6-10H2,1-3H3,(H,18,19). The summed E-state index contributed by atoms with van der Waals surface area (Å²) in [6.07, 6.45) is 0. The maximum Gasteiger partial charge on any atom is 0.337 e. The number of hydrogen-bond donors (Lipinski definition) is 1. The van der Waals surface area contributed by atoms with Gasteiger partial charge in [-0.15, -0.1) is 0 Å². The van der Waals surface area contributed by atoms with Crippen LogP contribution in [0.25, 0.3) is 0 Å². The van der Waals surface area contributed by atoms with Gasteiger partial charge in [-0.3, -0.25) is 9.88 Å². The van der Waals surface area contributed by atoms with E-state index in [1.54, 1.807) is 6.07 Å². The van der Waals surface area contributed by atoms with Crippen LogP contribution in [0.3, 0.4) is 0 Å². The first-order valence-corrected chi connectivity index (χ1v) is 6.92. The Hall–Kier alpha value is -1.46. The van der Waals surface area contributed by atoms with E-state index in [1.165, 1.54) is 0 Å². The number of rotatable bonds is 3. The Morgan fingerprint density at radius 2 is 2.00 bits per heavy atom. The molecule has 1 aromatic rings. The average Bonchev–Trinajstić information content (AvgIpc) is 2.38. The van der Waals surface area contributed by atoms with Gasteiger partial charge in [-0.2, -0.15) is 0 Å². The summed E-state index contributed by atoms with van der Waals surface area (Å²) in [5.74, 6) is -0.916. The van der Waals surface area contributed by atoms with Crippen LogP contribution in [0.15, 0.2) is 12.1 Å². The molecule has 5 nitrogen and oxygen atoms in total. The van der Waals surface area contributed by atoms with Crippen molar-refractivity contribution in [1.82, 2.24) is 9.88 Å². The van der Waals surface area contributed by atoms with E-state index < -0.39 is 5.97 Å². The summed E-state index contributed by atoms with van der Waals surface area (Å²) in [5.41, 5.74) is 1.78. The summed E-state index contributed by atoms with van der Waals surface area (Å²) in [5, 5.41) is 9.31. The summed E-state index contributed by atoms with van der Waals surface area (Å²) in [4.78, 5) is 18.1. The van der Waals surface area contributed by atoms with Crippen molar-refractivity contribution >= 4 is 5.97 Å². The van der Waals surface area contributed by atoms with Crippen molar-refractivity contribution in [2.24, 2.45) is 0 Å². The molecule has 1 aliphatic heterocycles. The van der Waals surface area contributed by atoms with E-state index in [0.717, 1.165) is 18.8 Å². The van der Waals surface area contributed by atoms with Crippen molar-refractivity contribution in [2.45, 2.75) is 32.7 Å². The van der Waals surface area contributed by atoms with Crippen molar-refractivity contribution in [2.75, 3.05) is 26.3 Å². The van der Waals surface area contributed by atoms with E-state index in [-0.39, 0.29) is 5.41 Å². The molecule has 0 aliphatic carbocycles. The lowest BCUT2D eigenvalue weighted by molar-refractivity contribution is 0.0333. The second-order valence-corrected chi connectivity index (χ2v) is 6.13. The van der Waals surface area contributed by atoms with Crippen LogP contribution in [-0.2, 0) is 16.7 Å². The van der Waals surface area contributed by atoms with Gasteiger partial charge in [0.1, 0.15) is 0 Å². The van der Waals surface area contributed by atoms with Crippen LogP contribution in [-0.4, -0.2) is 47.3 Å². The number of aromatic nitrogens is 1. The smallest absolute Gasteiger partial charge is 0.337 e. The molecule has 1 saturated heterocycles. The molecule has 2 rings (SSSR count). The van der Waals surface area contributed by atoms with Gasteiger partial charge in [0.05, 0.1) is 24.5 Å². The van der Waals surface area contributed by atoms with Gasteiger partial charge in [0.15, 0.2) is 0 Å². The SMILES string of the molecule is CC(C)(C)c1ccc(C(=O)O)c(CN2CCOCC2)n1. The van der Waals surface area contributed by atoms with Gasteiger partial charge in [-0.1, -0.05) is 20.8 Å². The van der Waals surface area contributed by atoms with Crippen molar-refractivity contribution in [3.63, 3.8) is 0 Å². The summed E-state index contributed by atoms with van der Waals surface area (Å²) < 4.78 is 5.31. The first kappa shape index (κ1) is 14.9. The van der Waals surface area contributed by atoms with Gasteiger partial charge < -0.3 is 9.84 Å². The molecule has 0 amide bonds. The number of morpholine rings is 1. The van der Waals surface area contributed by atoms with Crippen molar-refractivity contribution in [3.05, 3.63) is 29.1 Å². The molecule has 20 heavy (non-hydrogen) atoms. The molecule has 1 fully saturated rings. The minimum Gasteiger partial charge on any atom is -0.478 e. The fraction of sp³-hybridized carbons (Fsp3) is 0.600. The minimum atomic E-state index is -0.916. The Balaban J connectivity index is 2.29. The quantitative estimate of drug-likeness (QED) is 0.915. The topological polar surface area (TPSA) is 62.7 Å². The van der Waals surface area contributed by atoms with E-state index in [0.29, 0.717) is 31.0 Å². The average molecular weight is 278 g/mol. The van der Waals surface area contributed by atoms with Gasteiger partial charge >= 0.3 is 5.97 Å². The number of ether oxygens (including phenoxy) is 1. The van der Waals surface area contributed by atoms with Crippen LogP contribution in [0.5, 0.6) is 0 Å². The molecule has 0 aromatic carbocycles. The molecular formula is C15H22N2O3. The van der Waals surface area contributed by atoms with Crippen LogP contribution in [0, 0.1) is 0 Å². The fourth-order valence-electron chi connectivity index (χ4n) is 2.21. The Bertz CT molecular complexity index is 488. The van der Waals surface area contributed by atoms with E-state index in [2.05, 4.69) is 30.7 Å². The van der Waals surface area contributed by atoms with Crippen molar-refractivity contribution in [1.29, 1.82) is 0 Å². The second-order valence-electron chi connectivity index (χ2n) is 6.13. The normalized spacial score (nSPS) is 17.1. The van der Waals surface area contributed by atoms with Gasteiger partial charge in [0.25, 0.3) is 0 Å². The third-order valence-corrected chi connectivity index (χ3v) is 3.45. The third kappa shape index (κ3) is 3.55. The maximum absolute atomic E-state index is 11.3. The van der Waals surface area contributed by atoms with Crippen LogP contribution in [0.4, 0.5) is 0 Å². The number of hydrogen-bond acceptors (Lipinski definition) is 4. The predicted molar refractivity (Wildman–Crippen MR) is 76.0 cm³/mol. The highest BCUT2D eigenvalue weighted by atomic mass is 16.5. The van der Waals surface area contributed by atoms with Gasteiger partial charge in [0.2, 0.25) is 0 Å². The molecule has 5 heteroatoms. The summed E-state index contributed by atoms with van der Waals surface area (Å²) in [6, 6.07) is 3.48. The summed E-state index contributed by atoms with van der Waals surface area (Å²) in [6.45, 7) is 9.83. The lowest BCUT2D eigenvalue weighted by Gasteiger charge is -2.27. The number of pyridine rings is 1. The zero-order valence-electron chi connectivity index (χ0n) is 12.3. The molecule has 1 aromatic heterocycles. The molecule has 0 atom stereocenters. The Morgan fingerprint density at radius 3 is 2.55 bits per heavy atom. The minimum absolute atomic E-state index is 0.0865. The summed E-state index contributed by atoms with van der Waals surface area (Å²) in [7, 11) is 0. The van der Waals surface area contributed by atoms with Crippen LogP contribution >= 0.6 is 0 Å². The number of aromatic carboxylic acids is 1. The largest absolute Gasteiger partial charge is 0.478 e. The number of carboxylic acids is 1. The number of carbonyl (C=O) groups is 1. The molecule has 0 saturated carbocycles. The molecule has 0 bridgehead atoms. The first-order chi connectivity index (χ1) is 9.38. The second kappa shape index (κ2) is 5.89. The van der Waals surface area contributed by atoms with E-state index in [4.69, 9.17) is 4.74 Å². The van der Waals surface area contributed by atoms with Gasteiger partial charge in [-0.05, 0) is 12.1 Å². The highest BCUT2D eigenvalue weighted by Gasteiger charge is 2.21. The van der Waals surface area contributed by atoms with Crippen LogP contribution in [0.1, 0.15) is 42.5 Å². The zero-order chi connectivity index (χ0) is 14.8. The fourth-order valence-corrected chi connectivity index (χ4v) is 2.21. The van der Waals surface area contributed by atoms with E-state index >= 15 is 0 Å². The predicted octanol–water partition coefficient (Wildman–Crippen LogP) is 1.91. The molecule has 1 N–H and O–H groups in total. The Kier molecular flexibility index (Phi) is 4.40. The molecule has 0 spiro atoms. The zero-order valence-corrected chi connectivity index (χ0v) is 12.3. The summed E-state index contributed by atoms with van der Waals surface area (Å²) >= 11 is 0. The highest BCUT2D eigenvalue weighted by Crippen LogP contribution is 2.22. The highest BCUT2D eigenvalue weighted by molar-refractivity contribution is 5.88. The third-order valence-electron chi connectivity index (χ3n) is 3.45. The van der Waals surface area contributed by atoms with Crippen LogP contribution in [0.2, 0.25) is 0 Å². The molecular weight excluding hydrogens is 256 g/mol. The Labute approximate surface area is 119 Å². The van der Waals surface area contributed by atoms with Gasteiger partial charge in [-0.25, -0.2) is 4.79 Å². The Morgan fingerprint density at radius 1 is 1.35 bits per heavy atom. The monoisotopic (exact) mass is 278 g/mol. The van der Waals surface area contributed by atoms with E-state index in [9.17, 15) is 9.90 Å². The van der Waals surface area contributed by atoms with Crippen LogP contribution < -0.4 is 0 Å². The molecule has 1 aliphatic rings.